The van der Waals surface area contributed by atoms with Gasteiger partial charge in [-0.25, -0.2) is 4.79 Å². The van der Waals surface area contributed by atoms with E-state index in [1.807, 2.05) is 39.0 Å². The highest BCUT2D eigenvalue weighted by molar-refractivity contribution is 5.68. The van der Waals surface area contributed by atoms with Gasteiger partial charge in [-0.2, -0.15) is 0 Å². The molecular weight excluding hydrogens is 366 g/mol. The summed E-state index contributed by atoms with van der Waals surface area (Å²) in [7, 11) is 3.26. The standard InChI is InChI=1S/C24H41NO4/c1-8-10-12-19(9-2)13-11-16-25(23(26)29-24(3,4)5)18-20-14-15-21(27-6)17-22(20)28-7/h14-15,17,19H,8-13,16,18H2,1-7H3. The maximum absolute atomic E-state index is 12.8. The first kappa shape index (κ1) is 25.1. The Morgan fingerprint density at radius 3 is 2.31 bits per heavy atom. The van der Waals surface area contributed by atoms with Crippen molar-refractivity contribution in [3.05, 3.63) is 23.8 Å². The first-order valence-corrected chi connectivity index (χ1v) is 10.9. The Bertz CT molecular complexity index is 609. The molecule has 0 aliphatic rings. The van der Waals surface area contributed by atoms with Gasteiger partial charge < -0.3 is 19.1 Å². The quantitative estimate of drug-likeness (QED) is 0.400. The molecule has 1 rings (SSSR count). The van der Waals surface area contributed by atoms with Crippen LogP contribution in [0, 0.1) is 5.92 Å². The minimum atomic E-state index is -0.521. The summed E-state index contributed by atoms with van der Waals surface area (Å²) in [6, 6.07) is 5.69. The van der Waals surface area contributed by atoms with Crippen LogP contribution in [0.4, 0.5) is 4.79 Å². The van der Waals surface area contributed by atoms with Gasteiger partial charge in [-0.05, 0) is 51.7 Å². The number of amides is 1. The van der Waals surface area contributed by atoms with Gasteiger partial charge in [-0.1, -0.05) is 39.5 Å². The summed E-state index contributed by atoms with van der Waals surface area (Å²) in [5, 5.41) is 0. The fourth-order valence-corrected chi connectivity index (χ4v) is 3.37. The van der Waals surface area contributed by atoms with Crippen LogP contribution in [0.1, 0.15) is 78.7 Å². The van der Waals surface area contributed by atoms with Gasteiger partial charge >= 0.3 is 6.09 Å². The van der Waals surface area contributed by atoms with Gasteiger partial charge in [0.15, 0.2) is 0 Å². The van der Waals surface area contributed by atoms with E-state index in [4.69, 9.17) is 14.2 Å². The first-order valence-electron chi connectivity index (χ1n) is 10.9. The van der Waals surface area contributed by atoms with E-state index in [1.165, 1.54) is 25.7 Å². The third-order valence-electron chi connectivity index (χ3n) is 5.09. The molecule has 0 fully saturated rings. The van der Waals surface area contributed by atoms with Gasteiger partial charge in [0.1, 0.15) is 17.1 Å². The fourth-order valence-electron chi connectivity index (χ4n) is 3.37. The second-order valence-electron chi connectivity index (χ2n) is 8.64. The van der Waals surface area contributed by atoms with Gasteiger partial charge in [-0.3, -0.25) is 0 Å². The van der Waals surface area contributed by atoms with Crippen LogP contribution in [0.25, 0.3) is 0 Å². The smallest absolute Gasteiger partial charge is 0.410 e. The zero-order valence-electron chi connectivity index (χ0n) is 19.5. The second-order valence-corrected chi connectivity index (χ2v) is 8.64. The number of nitrogens with zero attached hydrogens (tertiary/aromatic N) is 1. The molecule has 166 valence electrons. The van der Waals surface area contributed by atoms with Crippen LogP contribution in [0.15, 0.2) is 18.2 Å². The van der Waals surface area contributed by atoms with Crippen molar-refractivity contribution in [2.75, 3.05) is 20.8 Å². The number of carbonyl (C=O) groups excluding carboxylic acids is 1. The molecule has 0 spiro atoms. The Hall–Kier alpha value is -1.91. The second kappa shape index (κ2) is 12.6. The van der Waals surface area contributed by atoms with E-state index in [0.29, 0.717) is 18.8 Å². The summed E-state index contributed by atoms with van der Waals surface area (Å²) >= 11 is 0. The average molecular weight is 408 g/mol. The SMILES string of the molecule is CCCCC(CC)CCCN(Cc1ccc(OC)cc1OC)C(=O)OC(C)(C)C. The van der Waals surface area contributed by atoms with E-state index in [0.717, 1.165) is 30.1 Å². The summed E-state index contributed by atoms with van der Waals surface area (Å²) in [6.45, 7) is 11.3. The molecule has 0 saturated heterocycles. The summed E-state index contributed by atoms with van der Waals surface area (Å²) in [6.07, 6.45) is 6.80. The molecule has 0 aromatic heterocycles. The number of unbranched alkanes of at least 4 members (excludes halogenated alkanes) is 1. The monoisotopic (exact) mass is 407 g/mol. The van der Waals surface area contributed by atoms with Crippen molar-refractivity contribution in [1.29, 1.82) is 0 Å². The minimum absolute atomic E-state index is 0.281. The molecule has 5 heteroatoms. The Morgan fingerprint density at radius 2 is 1.76 bits per heavy atom. The van der Waals surface area contributed by atoms with Crippen LogP contribution in [-0.2, 0) is 11.3 Å². The molecule has 0 aliphatic carbocycles. The molecule has 1 aromatic rings. The van der Waals surface area contributed by atoms with E-state index < -0.39 is 5.60 Å². The Labute approximate surface area is 177 Å². The molecule has 29 heavy (non-hydrogen) atoms. The normalized spacial score (nSPS) is 12.4. The van der Waals surface area contributed by atoms with Crippen molar-refractivity contribution >= 4 is 6.09 Å². The van der Waals surface area contributed by atoms with Crippen molar-refractivity contribution in [3.63, 3.8) is 0 Å². The highest BCUT2D eigenvalue weighted by Crippen LogP contribution is 2.27. The summed E-state index contributed by atoms with van der Waals surface area (Å²) in [5.74, 6) is 2.18. The fraction of sp³-hybridized carbons (Fsp3) is 0.708. The molecular formula is C24H41NO4. The number of rotatable bonds is 12. The molecule has 0 bridgehead atoms. The van der Waals surface area contributed by atoms with Gasteiger partial charge in [0.05, 0.1) is 20.8 Å². The van der Waals surface area contributed by atoms with E-state index in [2.05, 4.69) is 13.8 Å². The van der Waals surface area contributed by atoms with Crippen molar-refractivity contribution < 1.29 is 19.0 Å². The van der Waals surface area contributed by atoms with Crippen LogP contribution in [0.3, 0.4) is 0 Å². The summed E-state index contributed by atoms with van der Waals surface area (Å²) < 4.78 is 16.5. The molecule has 1 aromatic carbocycles. The Balaban J connectivity index is 2.87. The highest BCUT2D eigenvalue weighted by Gasteiger charge is 2.23. The number of methoxy groups -OCH3 is 2. The number of ether oxygens (including phenoxy) is 3. The maximum Gasteiger partial charge on any atom is 0.410 e. The lowest BCUT2D eigenvalue weighted by molar-refractivity contribution is 0.0227. The van der Waals surface area contributed by atoms with Crippen molar-refractivity contribution in [2.24, 2.45) is 5.92 Å². The van der Waals surface area contributed by atoms with Gasteiger partial charge in [0, 0.05) is 18.2 Å². The summed E-state index contributed by atoms with van der Waals surface area (Å²) in [4.78, 5) is 14.6. The molecule has 1 unspecified atom stereocenters. The lowest BCUT2D eigenvalue weighted by Crippen LogP contribution is -2.37. The third-order valence-corrected chi connectivity index (χ3v) is 5.09. The Morgan fingerprint density at radius 1 is 1.07 bits per heavy atom. The van der Waals surface area contributed by atoms with E-state index in [-0.39, 0.29) is 6.09 Å². The average Bonchev–Trinajstić information content (AvgIpc) is 2.68. The van der Waals surface area contributed by atoms with E-state index >= 15 is 0 Å². The summed E-state index contributed by atoms with van der Waals surface area (Å²) in [5.41, 5.74) is 0.420. The zero-order chi connectivity index (χ0) is 21.9. The first-order chi connectivity index (χ1) is 13.7. The predicted molar refractivity (Wildman–Crippen MR) is 119 cm³/mol. The lowest BCUT2D eigenvalue weighted by Gasteiger charge is -2.28. The molecule has 1 amide bonds. The topological polar surface area (TPSA) is 48.0 Å². The molecule has 0 heterocycles. The molecule has 0 radical (unpaired) electrons. The van der Waals surface area contributed by atoms with Gasteiger partial charge in [0.2, 0.25) is 0 Å². The predicted octanol–water partition coefficient (Wildman–Crippen LogP) is 6.44. The van der Waals surface area contributed by atoms with Crippen molar-refractivity contribution in [1.82, 2.24) is 4.90 Å². The number of carbonyl (C=O) groups is 1. The molecule has 1 atom stereocenters. The van der Waals surface area contributed by atoms with Crippen LogP contribution in [0.2, 0.25) is 0 Å². The van der Waals surface area contributed by atoms with Crippen molar-refractivity contribution in [3.8, 4) is 11.5 Å². The van der Waals surface area contributed by atoms with Gasteiger partial charge in [-0.15, -0.1) is 0 Å². The molecule has 0 saturated carbocycles. The maximum atomic E-state index is 12.8. The minimum Gasteiger partial charge on any atom is -0.497 e. The molecule has 0 N–H and O–H groups in total. The number of hydrogen-bond acceptors (Lipinski definition) is 4. The van der Waals surface area contributed by atoms with Crippen LogP contribution in [0.5, 0.6) is 11.5 Å². The van der Waals surface area contributed by atoms with Gasteiger partial charge in [0.25, 0.3) is 0 Å². The number of benzene rings is 1. The third kappa shape index (κ3) is 9.42. The van der Waals surface area contributed by atoms with Crippen LogP contribution < -0.4 is 9.47 Å². The largest absolute Gasteiger partial charge is 0.497 e. The Kier molecular flexibility index (Phi) is 10.9. The van der Waals surface area contributed by atoms with Crippen LogP contribution >= 0.6 is 0 Å². The van der Waals surface area contributed by atoms with Crippen LogP contribution in [-0.4, -0.2) is 37.4 Å². The van der Waals surface area contributed by atoms with E-state index in [9.17, 15) is 4.79 Å². The highest BCUT2D eigenvalue weighted by atomic mass is 16.6. The molecule has 5 nitrogen and oxygen atoms in total. The van der Waals surface area contributed by atoms with E-state index in [1.54, 1.807) is 19.1 Å². The lowest BCUT2D eigenvalue weighted by atomic mass is 9.94. The molecule has 0 aliphatic heterocycles. The van der Waals surface area contributed by atoms with Crippen molar-refractivity contribution in [2.45, 2.75) is 85.3 Å². The number of hydrogen-bond donors (Lipinski definition) is 0. The zero-order valence-corrected chi connectivity index (χ0v) is 19.5.